The molecule has 19 heavy (non-hydrogen) atoms. The molecule has 4 nitrogen and oxygen atoms in total. The summed E-state index contributed by atoms with van der Waals surface area (Å²) >= 11 is 0. The zero-order valence-corrected chi connectivity index (χ0v) is 11.1. The van der Waals surface area contributed by atoms with Crippen LogP contribution in [0.3, 0.4) is 0 Å². The lowest BCUT2D eigenvalue weighted by Crippen LogP contribution is -2.30. The van der Waals surface area contributed by atoms with Gasteiger partial charge in [0, 0.05) is 35.8 Å². The summed E-state index contributed by atoms with van der Waals surface area (Å²) in [5.41, 5.74) is 1.80. The molecule has 0 bridgehead atoms. The summed E-state index contributed by atoms with van der Waals surface area (Å²) in [6, 6.07) is 7.74. The fraction of sp³-hybridized carbons (Fsp3) is 0.400. The van der Waals surface area contributed by atoms with Crippen molar-refractivity contribution in [3.63, 3.8) is 0 Å². The van der Waals surface area contributed by atoms with Crippen LogP contribution in [-0.4, -0.2) is 42.5 Å². The molecule has 0 spiro atoms. The molecule has 3 rings (SSSR count). The number of fused-ring (bicyclic) bond motifs is 1. The second-order valence-electron chi connectivity index (χ2n) is 5.41. The van der Waals surface area contributed by atoms with E-state index in [1.165, 1.54) is 6.42 Å². The Balaban J connectivity index is 1.63. The molecule has 2 aromatic rings. The molecule has 1 aliphatic heterocycles. The molecule has 2 heterocycles. The number of H-pyrrole nitrogens is 1. The van der Waals surface area contributed by atoms with E-state index in [0.717, 1.165) is 36.1 Å². The summed E-state index contributed by atoms with van der Waals surface area (Å²) in [6.07, 6.45) is 3.06. The molecule has 100 valence electrons. The van der Waals surface area contributed by atoms with Crippen LogP contribution < -0.4 is 5.32 Å². The number of nitrogens with zero attached hydrogens (tertiary/aromatic N) is 1. The number of hydrogen-bond acceptors (Lipinski definition) is 2. The minimum Gasteiger partial charge on any atom is -0.361 e. The van der Waals surface area contributed by atoms with Crippen molar-refractivity contribution in [3.05, 3.63) is 36.0 Å². The monoisotopic (exact) mass is 257 g/mol. The summed E-state index contributed by atoms with van der Waals surface area (Å²) in [7, 11) is 2.13. The Morgan fingerprint density at radius 1 is 1.47 bits per heavy atom. The Kier molecular flexibility index (Phi) is 3.25. The van der Waals surface area contributed by atoms with Crippen LogP contribution in [-0.2, 0) is 0 Å². The van der Waals surface area contributed by atoms with Crippen molar-refractivity contribution in [2.24, 2.45) is 5.92 Å². The maximum atomic E-state index is 12.1. The first-order chi connectivity index (χ1) is 9.22. The van der Waals surface area contributed by atoms with E-state index in [9.17, 15) is 4.79 Å². The summed E-state index contributed by atoms with van der Waals surface area (Å²) in [6.45, 7) is 2.99. The molecule has 1 amide bonds. The lowest BCUT2D eigenvalue weighted by atomic mass is 10.1. The maximum Gasteiger partial charge on any atom is 0.251 e. The lowest BCUT2D eigenvalue weighted by Gasteiger charge is -2.11. The molecule has 1 atom stereocenters. The highest BCUT2D eigenvalue weighted by molar-refractivity contribution is 5.98. The maximum absolute atomic E-state index is 12.1. The quantitative estimate of drug-likeness (QED) is 0.881. The molecular weight excluding hydrogens is 238 g/mol. The van der Waals surface area contributed by atoms with Crippen LogP contribution in [0.2, 0.25) is 0 Å². The van der Waals surface area contributed by atoms with Gasteiger partial charge in [0.2, 0.25) is 0 Å². The summed E-state index contributed by atoms with van der Waals surface area (Å²) < 4.78 is 0. The van der Waals surface area contributed by atoms with Gasteiger partial charge in [0.05, 0.1) is 0 Å². The first-order valence-corrected chi connectivity index (χ1v) is 6.76. The van der Waals surface area contributed by atoms with Gasteiger partial charge < -0.3 is 15.2 Å². The van der Waals surface area contributed by atoms with Gasteiger partial charge in [0.1, 0.15) is 0 Å². The number of rotatable bonds is 3. The van der Waals surface area contributed by atoms with Gasteiger partial charge in [-0.1, -0.05) is 0 Å². The van der Waals surface area contributed by atoms with Crippen LogP contribution in [0.1, 0.15) is 16.8 Å². The van der Waals surface area contributed by atoms with Crippen molar-refractivity contribution >= 4 is 16.8 Å². The van der Waals surface area contributed by atoms with Crippen LogP contribution in [0.25, 0.3) is 10.9 Å². The number of nitrogens with one attached hydrogen (secondary N) is 2. The van der Waals surface area contributed by atoms with Gasteiger partial charge in [-0.05, 0) is 50.2 Å². The number of benzene rings is 1. The molecular formula is C15H19N3O. The smallest absolute Gasteiger partial charge is 0.251 e. The number of carbonyl (C=O) groups is 1. The van der Waals surface area contributed by atoms with Crippen molar-refractivity contribution < 1.29 is 4.79 Å². The van der Waals surface area contributed by atoms with Crippen molar-refractivity contribution in [3.8, 4) is 0 Å². The van der Waals surface area contributed by atoms with Gasteiger partial charge >= 0.3 is 0 Å². The average Bonchev–Trinajstić information content (AvgIpc) is 3.03. The molecule has 0 radical (unpaired) electrons. The first-order valence-electron chi connectivity index (χ1n) is 6.76. The predicted octanol–water partition coefficient (Wildman–Crippen LogP) is 1.85. The Hall–Kier alpha value is -1.81. The first kappa shape index (κ1) is 12.2. The number of likely N-dealkylation sites (tertiary alicyclic amines) is 1. The molecule has 1 unspecified atom stereocenters. The number of aromatic nitrogens is 1. The number of hydrogen-bond donors (Lipinski definition) is 2. The topological polar surface area (TPSA) is 48.1 Å². The van der Waals surface area contributed by atoms with Crippen molar-refractivity contribution in [1.29, 1.82) is 0 Å². The van der Waals surface area contributed by atoms with Crippen LogP contribution in [0.5, 0.6) is 0 Å². The van der Waals surface area contributed by atoms with Crippen LogP contribution >= 0.6 is 0 Å². The van der Waals surface area contributed by atoms with Gasteiger partial charge in [0.15, 0.2) is 0 Å². The van der Waals surface area contributed by atoms with Crippen molar-refractivity contribution in [2.75, 3.05) is 26.7 Å². The van der Waals surface area contributed by atoms with Gasteiger partial charge in [0.25, 0.3) is 5.91 Å². The highest BCUT2D eigenvalue weighted by Crippen LogP contribution is 2.15. The van der Waals surface area contributed by atoms with E-state index in [1.54, 1.807) is 0 Å². The second-order valence-corrected chi connectivity index (χ2v) is 5.41. The highest BCUT2D eigenvalue weighted by Gasteiger charge is 2.20. The lowest BCUT2D eigenvalue weighted by molar-refractivity contribution is 0.0947. The van der Waals surface area contributed by atoms with Crippen LogP contribution in [0, 0.1) is 5.92 Å². The third-order valence-corrected chi connectivity index (χ3v) is 3.86. The van der Waals surface area contributed by atoms with E-state index < -0.39 is 0 Å². The summed E-state index contributed by atoms with van der Waals surface area (Å²) in [5.74, 6) is 0.614. The normalized spacial score (nSPS) is 19.9. The van der Waals surface area contributed by atoms with E-state index in [1.807, 2.05) is 30.5 Å². The van der Waals surface area contributed by atoms with E-state index in [-0.39, 0.29) is 5.91 Å². The van der Waals surface area contributed by atoms with Crippen molar-refractivity contribution in [1.82, 2.24) is 15.2 Å². The van der Waals surface area contributed by atoms with E-state index in [4.69, 9.17) is 0 Å². The standard InChI is InChI=1S/C15H19N3O/c1-18-7-5-11(10-18)9-17-15(19)13-2-3-14-12(8-13)4-6-16-14/h2-4,6,8,11,16H,5,7,9-10H2,1H3,(H,17,19). The molecule has 4 heteroatoms. The number of carbonyl (C=O) groups excluding carboxylic acids is 1. The Labute approximate surface area is 112 Å². The van der Waals surface area contributed by atoms with E-state index >= 15 is 0 Å². The fourth-order valence-electron chi connectivity index (χ4n) is 2.73. The third kappa shape index (κ3) is 2.63. The van der Waals surface area contributed by atoms with Crippen molar-refractivity contribution in [2.45, 2.75) is 6.42 Å². The zero-order chi connectivity index (χ0) is 13.2. The molecule has 1 aromatic heterocycles. The minimum atomic E-state index is 0.0256. The highest BCUT2D eigenvalue weighted by atomic mass is 16.1. The Bertz CT molecular complexity index is 590. The predicted molar refractivity (Wildman–Crippen MR) is 76.2 cm³/mol. The zero-order valence-electron chi connectivity index (χ0n) is 11.1. The van der Waals surface area contributed by atoms with Gasteiger partial charge in [-0.15, -0.1) is 0 Å². The Morgan fingerprint density at radius 2 is 2.37 bits per heavy atom. The van der Waals surface area contributed by atoms with Gasteiger partial charge in [-0.25, -0.2) is 0 Å². The van der Waals surface area contributed by atoms with Crippen LogP contribution in [0.4, 0.5) is 0 Å². The molecule has 0 aliphatic carbocycles. The Morgan fingerprint density at radius 3 is 3.16 bits per heavy atom. The molecule has 2 N–H and O–H groups in total. The minimum absolute atomic E-state index is 0.0256. The molecule has 0 saturated carbocycles. The molecule has 1 fully saturated rings. The SMILES string of the molecule is CN1CCC(CNC(=O)c2ccc3[nH]ccc3c2)C1. The second kappa shape index (κ2) is 5.05. The van der Waals surface area contributed by atoms with Gasteiger partial charge in [-0.3, -0.25) is 4.79 Å². The molecule has 1 saturated heterocycles. The van der Waals surface area contributed by atoms with E-state index in [0.29, 0.717) is 5.92 Å². The summed E-state index contributed by atoms with van der Waals surface area (Å²) in [4.78, 5) is 17.6. The number of amides is 1. The summed E-state index contributed by atoms with van der Waals surface area (Å²) in [5, 5.41) is 4.12. The molecule has 1 aliphatic rings. The number of aromatic amines is 1. The largest absolute Gasteiger partial charge is 0.361 e. The molecule has 1 aromatic carbocycles. The van der Waals surface area contributed by atoms with Crippen LogP contribution in [0.15, 0.2) is 30.5 Å². The van der Waals surface area contributed by atoms with Gasteiger partial charge in [-0.2, -0.15) is 0 Å². The average molecular weight is 257 g/mol. The fourth-order valence-corrected chi connectivity index (χ4v) is 2.73. The third-order valence-electron chi connectivity index (χ3n) is 3.86. The van der Waals surface area contributed by atoms with E-state index in [2.05, 4.69) is 22.2 Å².